The molecule has 0 saturated carbocycles. The third-order valence-electron chi connectivity index (χ3n) is 2.70. The standard InChI is InChI=1S/C14H18N4/c1-11-3-5-12(6-4-11)13-7-8-14(18-17-13)16-10-2-9-15/h3-8H,2,9-10,15H2,1H3,(H,16,18). The van der Waals surface area contributed by atoms with E-state index in [1.165, 1.54) is 5.56 Å². The zero-order chi connectivity index (χ0) is 12.8. The Labute approximate surface area is 107 Å². The average Bonchev–Trinajstić information content (AvgIpc) is 2.41. The summed E-state index contributed by atoms with van der Waals surface area (Å²) in [7, 11) is 0. The molecule has 3 N–H and O–H groups in total. The molecule has 1 aromatic heterocycles. The molecule has 0 aliphatic heterocycles. The maximum absolute atomic E-state index is 5.43. The molecule has 94 valence electrons. The highest BCUT2D eigenvalue weighted by molar-refractivity contribution is 5.59. The first kappa shape index (κ1) is 12.5. The van der Waals surface area contributed by atoms with Gasteiger partial charge in [-0.1, -0.05) is 29.8 Å². The molecular weight excluding hydrogens is 224 g/mol. The second-order valence-corrected chi connectivity index (χ2v) is 4.24. The van der Waals surface area contributed by atoms with Crippen molar-refractivity contribution in [3.8, 4) is 11.3 Å². The summed E-state index contributed by atoms with van der Waals surface area (Å²) < 4.78 is 0. The summed E-state index contributed by atoms with van der Waals surface area (Å²) in [5, 5.41) is 11.5. The summed E-state index contributed by atoms with van der Waals surface area (Å²) in [5.74, 6) is 0.791. The number of aryl methyl sites for hydroxylation is 1. The lowest BCUT2D eigenvalue weighted by atomic mass is 10.1. The number of aromatic nitrogens is 2. The molecule has 1 heterocycles. The molecule has 0 spiro atoms. The lowest BCUT2D eigenvalue weighted by Gasteiger charge is -2.05. The van der Waals surface area contributed by atoms with Gasteiger partial charge in [0.25, 0.3) is 0 Å². The van der Waals surface area contributed by atoms with Crippen LogP contribution in [0, 0.1) is 6.92 Å². The molecule has 4 nitrogen and oxygen atoms in total. The molecule has 18 heavy (non-hydrogen) atoms. The fourth-order valence-electron chi connectivity index (χ4n) is 1.62. The molecule has 0 saturated heterocycles. The van der Waals surface area contributed by atoms with Crippen LogP contribution >= 0.6 is 0 Å². The maximum atomic E-state index is 5.43. The van der Waals surface area contributed by atoms with Gasteiger partial charge in [0, 0.05) is 12.1 Å². The van der Waals surface area contributed by atoms with Crippen molar-refractivity contribution in [3.05, 3.63) is 42.0 Å². The van der Waals surface area contributed by atoms with Crippen LogP contribution in [0.1, 0.15) is 12.0 Å². The minimum absolute atomic E-state index is 0.682. The molecule has 1 aromatic carbocycles. The van der Waals surface area contributed by atoms with Crippen LogP contribution in [0.15, 0.2) is 36.4 Å². The number of hydrogen-bond donors (Lipinski definition) is 2. The monoisotopic (exact) mass is 242 g/mol. The van der Waals surface area contributed by atoms with Crippen LogP contribution in [0.25, 0.3) is 11.3 Å². The Morgan fingerprint density at radius 1 is 1.06 bits per heavy atom. The molecule has 4 heteroatoms. The van der Waals surface area contributed by atoms with Gasteiger partial charge in [0.05, 0.1) is 5.69 Å². The number of nitrogens with zero attached hydrogens (tertiary/aromatic N) is 2. The van der Waals surface area contributed by atoms with E-state index >= 15 is 0 Å². The predicted octanol–water partition coefficient (Wildman–Crippen LogP) is 2.21. The van der Waals surface area contributed by atoms with Gasteiger partial charge in [0.15, 0.2) is 0 Å². The minimum atomic E-state index is 0.682. The van der Waals surface area contributed by atoms with Crippen LogP contribution in [0.2, 0.25) is 0 Å². The van der Waals surface area contributed by atoms with Gasteiger partial charge in [-0.3, -0.25) is 0 Å². The second-order valence-electron chi connectivity index (χ2n) is 4.24. The van der Waals surface area contributed by atoms with E-state index in [1.54, 1.807) is 0 Å². The smallest absolute Gasteiger partial charge is 0.148 e. The van der Waals surface area contributed by atoms with E-state index in [-0.39, 0.29) is 0 Å². The fourth-order valence-corrected chi connectivity index (χ4v) is 1.62. The van der Waals surface area contributed by atoms with Crippen LogP contribution < -0.4 is 11.1 Å². The fraction of sp³-hybridized carbons (Fsp3) is 0.286. The number of nitrogens with two attached hydrogens (primary N) is 1. The topological polar surface area (TPSA) is 63.8 Å². The molecule has 0 radical (unpaired) electrons. The molecule has 0 unspecified atom stereocenters. The molecule has 0 aliphatic rings. The Kier molecular flexibility index (Phi) is 4.25. The van der Waals surface area contributed by atoms with Crippen molar-refractivity contribution in [1.82, 2.24) is 10.2 Å². The summed E-state index contributed by atoms with van der Waals surface area (Å²) in [6, 6.07) is 12.2. The third kappa shape index (κ3) is 3.28. The maximum Gasteiger partial charge on any atom is 0.148 e. The molecular formula is C14H18N4. The molecule has 0 fully saturated rings. The largest absolute Gasteiger partial charge is 0.369 e. The van der Waals surface area contributed by atoms with Crippen molar-refractivity contribution in [2.75, 3.05) is 18.4 Å². The van der Waals surface area contributed by atoms with Crippen LogP contribution in [0.4, 0.5) is 5.82 Å². The second kappa shape index (κ2) is 6.12. The Morgan fingerprint density at radius 3 is 2.44 bits per heavy atom. The van der Waals surface area contributed by atoms with E-state index in [2.05, 4.69) is 46.7 Å². The normalized spacial score (nSPS) is 10.3. The predicted molar refractivity (Wildman–Crippen MR) is 74.4 cm³/mol. The first-order valence-corrected chi connectivity index (χ1v) is 6.14. The van der Waals surface area contributed by atoms with Crippen LogP contribution in [-0.4, -0.2) is 23.3 Å². The van der Waals surface area contributed by atoms with E-state index in [1.807, 2.05) is 12.1 Å². The highest BCUT2D eigenvalue weighted by Crippen LogP contribution is 2.17. The summed E-state index contributed by atoms with van der Waals surface area (Å²) in [4.78, 5) is 0. The lowest BCUT2D eigenvalue weighted by molar-refractivity contribution is 0.864. The first-order chi connectivity index (χ1) is 8.79. The molecule has 2 aromatic rings. The lowest BCUT2D eigenvalue weighted by Crippen LogP contribution is -2.09. The Balaban J connectivity index is 2.05. The van der Waals surface area contributed by atoms with Crippen molar-refractivity contribution < 1.29 is 0 Å². The van der Waals surface area contributed by atoms with Gasteiger partial charge < -0.3 is 11.1 Å². The summed E-state index contributed by atoms with van der Waals surface area (Å²) in [6.45, 7) is 3.58. The molecule has 0 amide bonds. The highest BCUT2D eigenvalue weighted by Gasteiger charge is 2.00. The van der Waals surface area contributed by atoms with Crippen LogP contribution in [-0.2, 0) is 0 Å². The summed E-state index contributed by atoms with van der Waals surface area (Å²) >= 11 is 0. The quantitative estimate of drug-likeness (QED) is 0.789. The van der Waals surface area contributed by atoms with Crippen molar-refractivity contribution in [2.24, 2.45) is 5.73 Å². The van der Waals surface area contributed by atoms with Gasteiger partial charge >= 0.3 is 0 Å². The Morgan fingerprint density at radius 2 is 1.83 bits per heavy atom. The van der Waals surface area contributed by atoms with Gasteiger partial charge in [-0.15, -0.1) is 10.2 Å². The van der Waals surface area contributed by atoms with Gasteiger partial charge in [-0.2, -0.15) is 0 Å². The van der Waals surface area contributed by atoms with Gasteiger partial charge in [-0.25, -0.2) is 0 Å². The molecule has 0 atom stereocenters. The van der Waals surface area contributed by atoms with Gasteiger partial charge in [-0.05, 0) is 32.0 Å². The van der Waals surface area contributed by atoms with E-state index in [4.69, 9.17) is 5.73 Å². The Bertz CT molecular complexity index is 476. The van der Waals surface area contributed by atoms with Crippen molar-refractivity contribution in [1.29, 1.82) is 0 Å². The SMILES string of the molecule is Cc1ccc(-c2ccc(NCCCN)nn2)cc1. The zero-order valence-corrected chi connectivity index (χ0v) is 10.6. The van der Waals surface area contributed by atoms with Gasteiger partial charge in [0.2, 0.25) is 0 Å². The van der Waals surface area contributed by atoms with Crippen molar-refractivity contribution in [2.45, 2.75) is 13.3 Å². The molecule has 0 bridgehead atoms. The summed E-state index contributed by atoms with van der Waals surface area (Å²) in [5.41, 5.74) is 8.64. The Hall–Kier alpha value is -1.94. The first-order valence-electron chi connectivity index (χ1n) is 6.14. The number of nitrogens with one attached hydrogen (secondary N) is 1. The number of anilines is 1. The van der Waals surface area contributed by atoms with E-state index in [9.17, 15) is 0 Å². The minimum Gasteiger partial charge on any atom is -0.369 e. The van der Waals surface area contributed by atoms with Crippen molar-refractivity contribution >= 4 is 5.82 Å². The number of hydrogen-bond acceptors (Lipinski definition) is 4. The molecule has 0 aliphatic carbocycles. The van der Waals surface area contributed by atoms with E-state index in [0.717, 1.165) is 30.0 Å². The van der Waals surface area contributed by atoms with Crippen LogP contribution in [0.5, 0.6) is 0 Å². The van der Waals surface area contributed by atoms with E-state index in [0.29, 0.717) is 6.54 Å². The zero-order valence-electron chi connectivity index (χ0n) is 10.6. The number of benzene rings is 1. The summed E-state index contributed by atoms with van der Waals surface area (Å²) in [6.07, 6.45) is 0.932. The van der Waals surface area contributed by atoms with Crippen LogP contribution in [0.3, 0.4) is 0 Å². The van der Waals surface area contributed by atoms with E-state index < -0.39 is 0 Å². The average molecular weight is 242 g/mol. The van der Waals surface area contributed by atoms with Gasteiger partial charge in [0.1, 0.15) is 5.82 Å². The third-order valence-corrected chi connectivity index (χ3v) is 2.70. The molecule has 2 rings (SSSR count). The van der Waals surface area contributed by atoms with Crippen molar-refractivity contribution in [3.63, 3.8) is 0 Å². The highest BCUT2D eigenvalue weighted by atomic mass is 15.2. The number of rotatable bonds is 5.